The number of rotatable bonds is 8. The van der Waals surface area contributed by atoms with Gasteiger partial charge in [-0.25, -0.2) is 0 Å². The molecule has 2 aromatic carbocycles. The lowest BCUT2D eigenvalue weighted by Gasteiger charge is -2.42. The maximum absolute atomic E-state index is 12.8. The number of carbonyl (C=O) groups excluding carboxylic acids is 1. The van der Waals surface area contributed by atoms with E-state index in [2.05, 4.69) is 51.5 Å². The fourth-order valence-corrected chi connectivity index (χ4v) is 5.51. The van der Waals surface area contributed by atoms with E-state index in [1.54, 1.807) is 0 Å². The zero-order valence-electron chi connectivity index (χ0n) is 19.4. The van der Waals surface area contributed by atoms with Crippen LogP contribution in [0.5, 0.6) is 0 Å². The number of nitrogens with zero attached hydrogens (tertiary/aromatic N) is 2. The van der Waals surface area contributed by atoms with E-state index in [1.165, 1.54) is 30.4 Å². The summed E-state index contributed by atoms with van der Waals surface area (Å²) in [6.07, 6.45) is 6.67. The Morgan fingerprint density at radius 3 is 2.27 bits per heavy atom. The molecular weight excluding hydrogens is 453 g/mol. The summed E-state index contributed by atoms with van der Waals surface area (Å²) in [5, 5.41) is 4.48. The Bertz CT molecular complexity index is 907. The molecule has 2 aliphatic heterocycles. The van der Waals surface area contributed by atoms with Gasteiger partial charge in [-0.1, -0.05) is 66.0 Å². The van der Waals surface area contributed by atoms with Gasteiger partial charge < -0.3 is 5.32 Å². The second-order valence-electron chi connectivity index (χ2n) is 9.80. The summed E-state index contributed by atoms with van der Waals surface area (Å²) in [5.74, 6) is 0.150. The van der Waals surface area contributed by atoms with Gasteiger partial charge in [-0.05, 0) is 87.0 Å². The summed E-state index contributed by atoms with van der Waals surface area (Å²) in [7, 11) is 0. The van der Waals surface area contributed by atoms with E-state index in [4.69, 9.17) is 23.2 Å². The van der Waals surface area contributed by atoms with Gasteiger partial charge in [0, 0.05) is 13.1 Å². The van der Waals surface area contributed by atoms with Crippen LogP contribution in [-0.2, 0) is 17.8 Å². The average molecular weight is 489 g/mol. The van der Waals surface area contributed by atoms with E-state index in [0.29, 0.717) is 23.1 Å². The van der Waals surface area contributed by atoms with Crippen LogP contribution in [0, 0.1) is 5.41 Å². The van der Waals surface area contributed by atoms with Gasteiger partial charge in [0.2, 0.25) is 5.91 Å². The number of hydrogen-bond acceptors (Lipinski definition) is 3. The lowest BCUT2D eigenvalue weighted by molar-refractivity contribution is -0.123. The van der Waals surface area contributed by atoms with Crippen molar-refractivity contribution in [2.24, 2.45) is 5.41 Å². The number of hydrogen-bond donors (Lipinski definition) is 1. The van der Waals surface area contributed by atoms with Crippen LogP contribution < -0.4 is 5.32 Å². The first-order valence-electron chi connectivity index (χ1n) is 12.2. The van der Waals surface area contributed by atoms with Crippen molar-refractivity contribution in [3.8, 4) is 0 Å². The molecule has 2 heterocycles. The molecule has 33 heavy (non-hydrogen) atoms. The minimum atomic E-state index is 0.0297. The molecule has 0 unspecified atom stereocenters. The molecule has 2 aliphatic rings. The van der Waals surface area contributed by atoms with Gasteiger partial charge >= 0.3 is 0 Å². The summed E-state index contributed by atoms with van der Waals surface area (Å²) in [6, 6.07) is 16.6. The lowest BCUT2D eigenvalue weighted by Crippen LogP contribution is -2.49. The van der Waals surface area contributed by atoms with Crippen LogP contribution in [0.2, 0.25) is 10.0 Å². The summed E-state index contributed by atoms with van der Waals surface area (Å²) in [5.41, 5.74) is 2.57. The largest absolute Gasteiger partial charge is 0.354 e. The Balaban J connectivity index is 1.39. The molecule has 0 atom stereocenters. The Morgan fingerprint density at radius 1 is 0.848 bits per heavy atom. The Morgan fingerprint density at radius 2 is 1.58 bits per heavy atom. The van der Waals surface area contributed by atoms with Crippen molar-refractivity contribution in [2.75, 3.05) is 39.3 Å². The second kappa shape index (κ2) is 11.7. The van der Waals surface area contributed by atoms with E-state index in [0.717, 1.165) is 52.0 Å². The molecule has 178 valence electrons. The monoisotopic (exact) mass is 487 g/mol. The average Bonchev–Trinajstić information content (AvgIpc) is 2.83. The third-order valence-electron chi connectivity index (χ3n) is 7.21. The number of amides is 1. The predicted octanol–water partition coefficient (Wildman–Crippen LogP) is 5.42. The topological polar surface area (TPSA) is 35.6 Å². The highest BCUT2D eigenvalue weighted by Crippen LogP contribution is 2.36. The molecule has 1 N–H and O–H groups in total. The Labute approximate surface area is 208 Å². The molecule has 1 amide bonds. The van der Waals surface area contributed by atoms with Gasteiger partial charge in [0.05, 0.1) is 16.6 Å². The van der Waals surface area contributed by atoms with Crippen LogP contribution in [0.15, 0.2) is 48.5 Å². The smallest absolute Gasteiger partial charge is 0.234 e. The van der Waals surface area contributed by atoms with Gasteiger partial charge in [-0.3, -0.25) is 14.6 Å². The quantitative estimate of drug-likeness (QED) is 0.539. The van der Waals surface area contributed by atoms with Gasteiger partial charge in [-0.15, -0.1) is 0 Å². The first-order chi connectivity index (χ1) is 16.0. The number of carbonyl (C=O) groups is 1. The molecule has 4 nitrogen and oxygen atoms in total. The van der Waals surface area contributed by atoms with Gasteiger partial charge in [0.25, 0.3) is 0 Å². The van der Waals surface area contributed by atoms with Crippen molar-refractivity contribution in [1.82, 2.24) is 15.1 Å². The van der Waals surface area contributed by atoms with E-state index >= 15 is 0 Å². The summed E-state index contributed by atoms with van der Waals surface area (Å²) < 4.78 is 0. The predicted molar refractivity (Wildman–Crippen MR) is 137 cm³/mol. The summed E-state index contributed by atoms with van der Waals surface area (Å²) in [4.78, 5) is 17.6. The fraction of sp³-hybridized carbons (Fsp3) is 0.519. The molecule has 2 fully saturated rings. The summed E-state index contributed by atoms with van der Waals surface area (Å²) >= 11 is 12.5. The highest BCUT2D eigenvalue weighted by molar-refractivity contribution is 6.42. The normalized spacial score (nSPS) is 19.3. The van der Waals surface area contributed by atoms with Crippen molar-refractivity contribution in [1.29, 1.82) is 0 Å². The molecule has 6 heteroatoms. The zero-order chi connectivity index (χ0) is 23.1. The number of likely N-dealkylation sites (tertiary alicyclic amines) is 2. The van der Waals surface area contributed by atoms with Gasteiger partial charge in [-0.2, -0.15) is 0 Å². The van der Waals surface area contributed by atoms with Gasteiger partial charge in [0.15, 0.2) is 0 Å². The first kappa shape index (κ1) is 24.5. The SMILES string of the molecule is O=C(CN1CCCCC1)NCC1(Cc2ccc(Cl)c(Cl)c2)CCN(Cc2ccccc2)CC1. The molecule has 0 radical (unpaired) electrons. The molecule has 0 aliphatic carbocycles. The van der Waals surface area contributed by atoms with Crippen LogP contribution in [0.1, 0.15) is 43.2 Å². The maximum atomic E-state index is 12.8. The standard InChI is InChI=1S/C27H35Cl2N3O/c28-24-10-9-23(17-25(24)29)18-27(21-30-26(33)20-31-13-5-2-6-14-31)11-15-32(16-12-27)19-22-7-3-1-4-8-22/h1,3-4,7-10,17H,2,5-6,11-16,18-21H2,(H,30,33). The van der Waals surface area contributed by atoms with E-state index < -0.39 is 0 Å². The van der Waals surface area contributed by atoms with Crippen LogP contribution in [0.25, 0.3) is 0 Å². The second-order valence-corrected chi connectivity index (χ2v) is 10.6. The molecule has 4 rings (SSSR count). The fourth-order valence-electron chi connectivity index (χ4n) is 5.19. The van der Waals surface area contributed by atoms with Crippen LogP contribution in [-0.4, -0.2) is 55.0 Å². The maximum Gasteiger partial charge on any atom is 0.234 e. The van der Waals surface area contributed by atoms with Crippen molar-refractivity contribution in [3.05, 3.63) is 69.7 Å². The molecule has 0 saturated carbocycles. The van der Waals surface area contributed by atoms with Crippen molar-refractivity contribution >= 4 is 29.1 Å². The highest BCUT2D eigenvalue weighted by atomic mass is 35.5. The third-order valence-corrected chi connectivity index (χ3v) is 7.94. The van der Waals surface area contributed by atoms with E-state index in [1.807, 2.05) is 12.1 Å². The third kappa shape index (κ3) is 7.19. The first-order valence-corrected chi connectivity index (χ1v) is 13.0. The summed E-state index contributed by atoms with van der Waals surface area (Å²) in [6.45, 7) is 6.33. The number of halogens is 2. The molecule has 0 aromatic heterocycles. The minimum Gasteiger partial charge on any atom is -0.354 e. The molecular formula is C27H35Cl2N3O. The molecule has 2 saturated heterocycles. The Hall–Kier alpha value is -1.59. The van der Waals surface area contributed by atoms with E-state index in [9.17, 15) is 4.79 Å². The minimum absolute atomic E-state index is 0.0297. The van der Waals surface area contributed by atoms with Crippen molar-refractivity contribution in [3.63, 3.8) is 0 Å². The van der Waals surface area contributed by atoms with Crippen molar-refractivity contribution < 1.29 is 4.79 Å². The number of benzene rings is 2. The number of piperidine rings is 2. The number of nitrogens with one attached hydrogen (secondary N) is 1. The van der Waals surface area contributed by atoms with Crippen molar-refractivity contribution in [2.45, 2.75) is 45.1 Å². The van der Waals surface area contributed by atoms with Gasteiger partial charge in [0.1, 0.15) is 0 Å². The highest BCUT2D eigenvalue weighted by Gasteiger charge is 2.35. The van der Waals surface area contributed by atoms with E-state index in [-0.39, 0.29) is 11.3 Å². The van der Waals surface area contributed by atoms with Crippen LogP contribution in [0.4, 0.5) is 0 Å². The zero-order valence-corrected chi connectivity index (χ0v) is 20.9. The van der Waals surface area contributed by atoms with Crippen LogP contribution >= 0.6 is 23.2 Å². The molecule has 2 aromatic rings. The molecule has 0 bridgehead atoms. The Kier molecular flexibility index (Phi) is 8.70. The van der Waals surface area contributed by atoms with Crippen LogP contribution in [0.3, 0.4) is 0 Å². The lowest BCUT2D eigenvalue weighted by atomic mass is 9.73. The molecule has 0 spiro atoms.